The summed E-state index contributed by atoms with van der Waals surface area (Å²) in [6.07, 6.45) is 5.10. The van der Waals surface area contributed by atoms with Gasteiger partial charge in [-0.15, -0.1) is 0 Å². The summed E-state index contributed by atoms with van der Waals surface area (Å²) in [5, 5.41) is 1.52. The maximum Gasteiger partial charge on any atom is 0.207 e. The number of halogens is 1. The highest BCUT2D eigenvalue weighted by Gasteiger charge is 2.27. The number of aromatic nitrogens is 1. The van der Waals surface area contributed by atoms with Crippen LogP contribution in [0.2, 0.25) is 0 Å². The molecule has 34 heavy (non-hydrogen) atoms. The minimum atomic E-state index is -3.72. The average Bonchev–Trinajstić information content (AvgIpc) is 2.88. The van der Waals surface area contributed by atoms with Gasteiger partial charge in [-0.3, -0.25) is 9.78 Å². The first-order chi connectivity index (χ1) is 16.4. The van der Waals surface area contributed by atoms with Crippen LogP contribution >= 0.6 is 15.9 Å². The van der Waals surface area contributed by atoms with Gasteiger partial charge in [-0.25, -0.2) is 8.42 Å². The van der Waals surface area contributed by atoms with E-state index in [1.54, 1.807) is 48.8 Å². The van der Waals surface area contributed by atoms with Crippen molar-refractivity contribution in [3.8, 4) is 0 Å². The lowest BCUT2D eigenvalue weighted by Crippen LogP contribution is -2.36. The second-order valence-corrected chi connectivity index (χ2v) is 11.3. The summed E-state index contributed by atoms with van der Waals surface area (Å²) in [7, 11) is -3.72. The highest BCUT2D eigenvalue weighted by atomic mass is 79.9. The van der Waals surface area contributed by atoms with E-state index in [1.165, 1.54) is 0 Å². The zero-order chi connectivity index (χ0) is 23.7. The van der Waals surface area contributed by atoms with Gasteiger partial charge < -0.3 is 4.90 Å². The van der Waals surface area contributed by atoms with E-state index in [9.17, 15) is 13.2 Å². The van der Waals surface area contributed by atoms with Gasteiger partial charge >= 0.3 is 0 Å². The van der Waals surface area contributed by atoms with Crippen molar-refractivity contribution in [3.05, 3.63) is 95.2 Å². The molecule has 4 aromatic rings. The number of benzene rings is 3. The summed E-state index contributed by atoms with van der Waals surface area (Å²) in [5.41, 5.74) is 1.68. The lowest BCUT2D eigenvalue weighted by molar-refractivity contribution is 0.0900. The number of carbonyl (C=O) groups excluding carboxylic acids is 1. The molecule has 5 nitrogen and oxygen atoms in total. The van der Waals surface area contributed by atoms with Crippen molar-refractivity contribution in [3.63, 3.8) is 0 Å². The van der Waals surface area contributed by atoms with Crippen LogP contribution in [-0.2, 0) is 9.84 Å². The third-order valence-electron chi connectivity index (χ3n) is 6.43. The van der Waals surface area contributed by atoms with Gasteiger partial charge in [-0.1, -0.05) is 46.3 Å². The molecule has 1 aliphatic heterocycles. The highest BCUT2D eigenvalue weighted by Crippen LogP contribution is 2.31. The fourth-order valence-corrected chi connectivity index (χ4v) is 6.44. The van der Waals surface area contributed by atoms with Gasteiger partial charge in [0.15, 0.2) is 5.78 Å². The van der Waals surface area contributed by atoms with Crippen LogP contribution in [-0.4, -0.2) is 32.3 Å². The van der Waals surface area contributed by atoms with Gasteiger partial charge in [-0.05, 0) is 60.7 Å². The molecule has 0 spiro atoms. The highest BCUT2D eigenvalue weighted by molar-refractivity contribution is 9.10. The molecule has 0 aliphatic carbocycles. The lowest BCUT2D eigenvalue weighted by Gasteiger charge is -2.32. The fourth-order valence-electron chi connectivity index (χ4n) is 4.57. The maximum absolute atomic E-state index is 13.4. The molecule has 1 aliphatic rings. The standard InChI is InChI=1S/C27H23BrN2O3S/c28-22-6-9-25-21(18-22)2-1-3-26(25)34(32,33)24-7-4-19(5-8-24)27(31)20-12-16-30(17-13-20)23-10-14-29-15-11-23/h1-11,14-15,18,20H,12-13,16-17H2. The SMILES string of the molecule is O=C(c1ccc(S(=O)(=O)c2cccc3cc(Br)ccc23)cc1)C1CCN(c2ccncc2)CC1. The summed E-state index contributed by atoms with van der Waals surface area (Å²) in [5.74, 6) is 0.0189. The zero-order valence-electron chi connectivity index (χ0n) is 18.4. The van der Waals surface area contributed by atoms with E-state index in [1.807, 2.05) is 36.4 Å². The van der Waals surface area contributed by atoms with Gasteiger partial charge in [-0.2, -0.15) is 0 Å². The zero-order valence-corrected chi connectivity index (χ0v) is 20.8. The number of nitrogens with zero attached hydrogens (tertiary/aromatic N) is 2. The largest absolute Gasteiger partial charge is 0.371 e. The molecule has 5 rings (SSSR count). The molecule has 172 valence electrons. The molecule has 2 heterocycles. The molecule has 1 fully saturated rings. The number of sulfone groups is 1. The van der Waals surface area contributed by atoms with E-state index < -0.39 is 9.84 Å². The Hall–Kier alpha value is -3.03. The Kier molecular flexibility index (Phi) is 6.23. The molecular formula is C27H23BrN2O3S. The number of piperidine rings is 1. The van der Waals surface area contributed by atoms with E-state index >= 15 is 0 Å². The van der Waals surface area contributed by atoms with Crippen molar-refractivity contribution in [2.24, 2.45) is 5.92 Å². The Labute approximate surface area is 207 Å². The summed E-state index contributed by atoms with van der Waals surface area (Å²) >= 11 is 3.44. The van der Waals surface area contributed by atoms with Crippen LogP contribution in [0.1, 0.15) is 23.2 Å². The first-order valence-corrected chi connectivity index (χ1v) is 13.4. The lowest BCUT2D eigenvalue weighted by atomic mass is 9.89. The van der Waals surface area contributed by atoms with E-state index in [4.69, 9.17) is 0 Å². The molecule has 0 amide bonds. The van der Waals surface area contributed by atoms with Gasteiger partial charge in [0.2, 0.25) is 9.84 Å². The Morgan fingerprint density at radius 2 is 1.62 bits per heavy atom. The van der Waals surface area contributed by atoms with Crippen LogP contribution < -0.4 is 4.90 Å². The van der Waals surface area contributed by atoms with Gasteiger partial charge in [0.1, 0.15) is 0 Å². The molecule has 0 atom stereocenters. The molecule has 7 heteroatoms. The van der Waals surface area contributed by atoms with Gasteiger partial charge in [0.05, 0.1) is 9.79 Å². The third kappa shape index (κ3) is 4.38. The fraction of sp³-hybridized carbons (Fsp3) is 0.185. The first kappa shape index (κ1) is 22.7. The number of carbonyl (C=O) groups is 1. The summed E-state index contributed by atoms with van der Waals surface area (Å²) < 4.78 is 27.7. The van der Waals surface area contributed by atoms with Crippen molar-refractivity contribution in [2.45, 2.75) is 22.6 Å². The molecule has 0 N–H and O–H groups in total. The Balaban J connectivity index is 1.33. The third-order valence-corrected chi connectivity index (χ3v) is 8.76. The van der Waals surface area contributed by atoms with Crippen LogP contribution in [0.25, 0.3) is 10.8 Å². The normalized spacial score (nSPS) is 14.9. The molecule has 0 unspecified atom stereocenters. The smallest absolute Gasteiger partial charge is 0.207 e. The van der Waals surface area contributed by atoms with Crippen molar-refractivity contribution in [2.75, 3.05) is 18.0 Å². The van der Waals surface area contributed by atoms with E-state index in [0.29, 0.717) is 10.9 Å². The number of pyridine rings is 1. The van der Waals surface area contributed by atoms with E-state index in [-0.39, 0.29) is 21.5 Å². The Morgan fingerprint density at radius 3 is 2.32 bits per heavy atom. The molecule has 0 radical (unpaired) electrons. The van der Waals surface area contributed by atoms with Gasteiger partial charge in [0, 0.05) is 52.5 Å². The summed E-state index contributed by atoms with van der Waals surface area (Å²) in [6, 6.07) is 21.2. The van der Waals surface area contributed by atoms with Crippen LogP contribution in [0.15, 0.2) is 99.5 Å². The predicted octanol–water partition coefficient (Wildman–Crippen LogP) is 5.93. The van der Waals surface area contributed by atoms with Crippen molar-refractivity contribution >= 4 is 48.0 Å². The number of fused-ring (bicyclic) bond motifs is 1. The minimum absolute atomic E-state index is 0.0583. The Morgan fingerprint density at radius 1 is 0.912 bits per heavy atom. The maximum atomic E-state index is 13.4. The molecule has 0 saturated carbocycles. The van der Waals surface area contributed by atoms with E-state index in [0.717, 1.165) is 41.5 Å². The summed E-state index contributed by atoms with van der Waals surface area (Å²) in [6.45, 7) is 1.62. The number of hydrogen-bond donors (Lipinski definition) is 0. The van der Waals surface area contributed by atoms with Gasteiger partial charge in [0.25, 0.3) is 0 Å². The molecule has 1 aromatic heterocycles. The predicted molar refractivity (Wildman–Crippen MR) is 137 cm³/mol. The number of anilines is 1. The summed E-state index contributed by atoms with van der Waals surface area (Å²) in [4.78, 5) is 19.9. The Bertz CT molecular complexity index is 1450. The monoisotopic (exact) mass is 534 g/mol. The molecule has 1 saturated heterocycles. The van der Waals surface area contributed by atoms with Crippen LogP contribution in [0.4, 0.5) is 5.69 Å². The number of Topliss-reactive ketones (excluding diaryl/α,β-unsaturated/α-hetero) is 1. The van der Waals surface area contributed by atoms with Crippen LogP contribution in [0.5, 0.6) is 0 Å². The van der Waals surface area contributed by atoms with Crippen LogP contribution in [0.3, 0.4) is 0 Å². The molecule has 0 bridgehead atoms. The second kappa shape index (κ2) is 9.31. The molecule has 3 aromatic carbocycles. The average molecular weight is 535 g/mol. The number of rotatable bonds is 5. The quantitative estimate of drug-likeness (QED) is 0.297. The van der Waals surface area contributed by atoms with Crippen LogP contribution in [0, 0.1) is 5.92 Å². The number of hydrogen-bond acceptors (Lipinski definition) is 5. The van der Waals surface area contributed by atoms with Crippen molar-refractivity contribution in [1.82, 2.24) is 4.98 Å². The first-order valence-electron chi connectivity index (χ1n) is 11.2. The number of ketones is 1. The van der Waals surface area contributed by atoms with Crippen molar-refractivity contribution < 1.29 is 13.2 Å². The topological polar surface area (TPSA) is 67.3 Å². The van der Waals surface area contributed by atoms with E-state index in [2.05, 4.69) is 25.8 Å². The van der Waals surface area contributed by atoms with Crippen molar-refractivity contribution in [1.29, 1.82) is 0 Å². The minimum Gasteiger partial charge on any atom is -0.371 e. The second-order valence-electron chi connectivity index (χ2n) is 8.48. The molecular weight excluding hydrogens is 512 g/mol.